The summed E-state index contributed by atoms with van der Waals surface area (Å²) in [6.45, 7) is 0.288. The molecule has 32 heavy (non-hydrogen) atoms. The lowest BCUT2D eigenvalue weighted by Gasteiger charge is -2.19. The monoisotopic (exact) mass is 462 g/mol. The predicted molar refractivity (Wildman–Crippen MR) is 114 cm³/mol. The van der Waals surface area contributed by atoms with E-state index in [1.165, 1.54) is 19.2 Å². The Morgan fingerprint density at radius 3 is 2.50 bits per heavy atom. The molecule has 0 aliphatic heterocycles. The highest BCUT2D eigenvalue weighted by Crippen LogP contribution is 2.30. The van der Waals surface area contributed by atoms with Gasteiger partial charge in [0.05, 0.1) is 0 Å². The van der Waals surface area contributed by atoms with Gasteiger partial charge in [0.1, 0.15) is 0 Å². The van der Waals surface area contributed by atoms with Crippen molar-refractivity contribution < 1.29 is 26.9 Å². The van der Waals surface area contributed by atoms with Crippen LogP contribution in [0, 0.1) is 5.82 Å². The van der Waals surface area contributed by atoms with Crippen LogP contribution in [0.15, 0.2) is 59.8 Å². The molecule has 1 aromatic heterocycles. The summed E-state index contributed by atoms with van der Waals surface area (Å²) in [5.41, 5.74) is 13.1. The van der Waals surface area contributed by atoms with Gasteiger partial charge in [-0.1, -0.05) is 36.4 Å². The van der Waals surface area contributed by atoms with Gasteiger partial charge in [0.2, 0.25) is 11.1 Å². The number of halogens is 1. The maximum atomic E-state index is 14.5. The molecule has 0 fully saturated rings. The number of amides is 1. The molecule has 0 spiro atoms. The number of benzene rings is 2. The first-order chi connectivity index (χ1) is 15.1. The Hall–Kier alpha value is -3.28. The molecule has 0 radical (unpaired) electrons. The van der Waals surface area contributed by atoms with Gasteiger partial charge in [-0.3, -0.25) is 9.35 Å². The van der Waals surface area contributed by atoms with Gasteiger partial charge < -0.3 is 20.8 Å². The number of carbonyl (C=O) groups excluding carboxylic acids is 1. The Bertz CT molecular complexity index is 1210. The van der Waals surface area contributed by atoms with Crippen LogP contribution in [0.25, 0.3) is 0 Å². The molecule has 2 aromatic carbocycles. The SMILES string of the molecule is Cn1cc(S(=O)(=O)O)nc1C(Oc1cc(C(CN)Cc2ccccc2)ccc1F)C(N)=O. The van der Waals surface area contributed by atoms with Crippen LogP contribution >= 0.6 is 0 Å². The summed E-state index contributed by atoms with van der Waals surface area (Å²) in [5.74, 6) is -2.40. The number of hydrogen-bond acceptors (Lipinski definition) is 6. The molecule has 11 heteroatoms. The molecule has 3 rings (SSSR count). The summed E-state index contributed by atoms with van der Waals surface area (Å²) in [5, 5.41) is -0.690. The van der Waals surface area contributed by atoms with E-state index in [4.69, 9.17) is 16.2 Å². The Morgan fingerprint density at radius 2 is 1.94 bits per heavy atom. The van der Waals surface area contributed by atoms with Crippen molar-refractivity contribution in [2.45, 2.75) is 23.5 Å². The van der Waals surface area contributed by atoms with Crippen LogP contribution in [0.2, 0.25) is 0 Å². The predicted octanol–water partition coefficient (Wildman–Crippen LogP) is 1.70. The normalized spacial score (nSPS) is 13.5. The zero-order chi connectivity index (χ0) is 23.5. The first-order valence-electron chi connectivity index (χ1n) is 9.60. The summed E-state index contributed by atoms with van der Waals surface area (Å²) < 4.78 is 53.1. The molecular weight excluding hydrogens is 439 g/mol. The van der Waals surface area contributed by atoms with E-state index < -0.39 is 33.0 Å². The Labute approximate surface area is 184 Å². The van der Waals surface area contributed by atoms with E-state index in [9.17, 15) is 22.2 Å². The van der Waals surface area contributed by atoms with Crippen molar-refractivity contribution in [3.8, 4) is 5.75 Å². The summed E-state index contributed by atoms with van der Waals surface area (Å²) in [4.78, 5) is 15.7. The third-order valence-corrected chi connectivity index (χ3v) is 5.65. The molecule has 0 aliphatic carbocycles. The van der Waals surface area contributed by atoms with Crippen LogP contribution in [0.1, 0.15) is 29.0 Å². The number of hydrogen-bond donors (Lipinski definition) is 3. The zero-order valence-corrected chi connectivity index (χ0v) is 18.0. The minimum atomic E-state index is -4.62. The minimum absolute atomic E-state index is 0.147. The number of aryl methyl sites for hydroxylation is 1. The first kappa shape index (κ1) is 23.4. The van der Waals surface area contributed by atoms with E-state index in [-0.39, 0.29) is 24.0 Å². The van der Waals surface area contributed by atoms with E-state index >= 15 is 0 Å². The van der Waals surface area contributed by atoms with Crippen molar-refractivity contribution in [1.29, 1.82) is 0 Å². The van der Waals surface area contributed by atoms with Gasteiger partial charge in [-0.25, -0.2) is 9.37 Å². The molecule has 170 valence electrons. The lowest BCUT2D eigenvalue weighted by Crippen LogP contribution is -2.29. The number of carbonyl (C=O) groups is 1. The number of nitrogens with zero attached hydrogens (tertiary/aromatic N) is 2. The molecule has 2 atom stereocenters. The molecular formula is C21H23FN4O5S. The number of rotatable bonds is 9. The van der Waals surface area contributed by atoms with Crippen LogP contribution in [0.5, 0.6) is 5.75 Å². The van der Waals surface area contributed by atoms with Gasteiger partial charge >= 0.3 is 10.1 Å². The standard InChI is InChI=1S/C21H23FN4O5S/c1-26-12-18(32(28,29)30)25-21(26)19(20(24)27)31-17-10-14(7-8-16(17)22)15(11-23)9-13-5-3-2-4-6-13/h2-8,10,12,15,19H,9,11,23H2,1H3,(H2,24,27)(H,28,29,30). The van der Waals surface area contributed by atoms with Crippen molar-refractivity contribution in [2.24, 2.45) is 18.5 Å². The van der Waals surface area contributed by atoms with E-state index in [1.807, 2.05) is 30.3 Å². The van der Waals surface area contributed by atoms with Crippen molar-refractivity contribution in [1.82, 2.24) is 9.55 Å². The van der Waals surface area contributed by atoms with E-state index in [0.29, 0.717) is 12.0 Å². The summed E-state index contributed by atoms with van der Waals surface area (Å²) in [6.07, 6.45) is -0.00880. The van der Waals surface area contributed by atoms with Gasteiger partial charge in [0.15, 0.2) is 17.4 Å². The van der Waals surface area contributed by atoms with E-state index in [0.717, 1.165) is 16.3 Å². The number of ether oxygens (including phenoxy) is 1. The van der Waals surface area contributed by atoms with Crippen molar-refractivity contribution in [3.63, 3.8) is 0 Å². The Morgan fingerprint density at radius 1 is 1.25 bits per heavy atom. The van der Waals surface area contributed by atoms with Crippen molar-refractivity contribution in [2.75, 3.05) is 6.54 Å². The quantitative estimate of drug-likeness (QED) is 0.409. The molecule has 9 nitrogen and oxygen atoms in total. The first-order valence-corrected chi connectivity index (χ1v) is 11.0. The highest BCUT2D eigenvalue weighted by atomic mass is 32.2. The summed E-state index contributed by atoms with van der Waals surface area (Å²) in [7, 11) is -3.24. The third kappa shape index (κ3) is 5.31. The lowest BCUT2D eigenvalue weighted by molar-refractivity contribution is -0.125. The number of aromatic nitrogens is 2. The van der Waals surface area contributed by atoms with Gasteiger partial charge in [-0.2, -0.15) is 8.42 Å². The molecule has 0 aliphatic rings. The van der Waals surface area contributed by atoms with Gasteiger partial charge in [0.25, 0.3) is 5.91 Å². The van der Waals surface area contributed by atoms with Crippen LogP contribution in [0.4, 0.5) is 4.39 Å². The van der Waals surface area contributed by atoms with Crippen LogP contribution < -0.4 is 16.2 Å². The molecule has 5 N–H and O–H groups in total. The lowest BCUT2D eigenvalue weighted by atomic mass is 9.92. The van der Waals surface area contributed by atoms with Gasteiger partial charge in [-0.15, -0.1) is 0 Å². The van der Waals surface area contributed by atoms with E-state index in [1.54, 1.807) is 6.07 Å². The maximum Gasteiger partial charge on any atom is 0.313 e. The summed E-state index contributed by atoms with van der Waals surface area (Å²) in [6, 6.07) is 13.8. The Kier molecular flexibility index (Phi) is 6.92. The van der Waals surface area contributed by atoms with Gasteiger partial charge in [0, 0.05) is 19.2 Å². The topological polar surface area (TPSA) is 151 Å². The zero-order valence-electron chi connectivity index (χ0n) is 17.2. The molecule has 3 aromatic rings. The fourth-order valence-electron chi connectivity index (χ4n) is 3.29. The van der Waals surface area contributed by atoms with Crippen molar-refractivity contribution in [3.05, 3.63) is 77.5 Å². The van der Waals surface area contributed by atoms with Gasteiger partial charge in [-0.05, 0) is 36.2 Å². The van der Waals surface area contributed by atoms with Crippen LogP contribution in [0.3, 0.4) is 0 Å². The highest BCUT2D eigenvalue weighted by Gasteiger charge is 2.29. The third-order valence-electron chi connectivity index (χ3n) is 4.93. The van der Waals surface area contributed by atoms with Crippen molar-refractivity contribution >= 4 is 16.0 Å². The fraction of sp³-hybridized carbons (Fsp3) is 0.238. The number of primary amides is 1. The summed E-state index contributed by atoms with van der Waals surface area (Å²) >= 11 is 0. The number of imidazole rings is 1. The second kappa shape index (κ2) is 9.47. The second-order valence-electron chi connectivity index (χ2n) is 7.24. The smallest absolute Gasteiger partial charge is 0.313 e. The van der Waals surface area contributed by atoms with E-state index in [2.05, 4.69) is 4.98 Å². The van der Waals surface area contributed by atoms with Crippen LogP contribution in [-0.2, 0) is 28.4 Å². The fourth-order valence-corrected chi connectivity index (χ4v) is 3.79. The molecule has 2 unspecified atom stereocenters. The largest absolute Gasteiger partial charge is 0.469 e. The minimum Gasteiger partial charge on any atom is -0.469 e. The van der Waals surface area contributed by atoms with Crippen LogP contribution in [-0.4, -0.2) is 35.0 Å². The maximum absolute atomic E-state index is 14.5. The highest BCUT2D eigenvalue weighted by molar-refractivity contribution is 7.85. The molecule has 0 saturated heterocycles. The molecule has 0 saturated carbocycles. The average Bonchev–Trinajstić information content (AvgIpc) is 3.14. The number of nitrogens with two attached hydrogens (primary N) is 2. The molecule has 1 heterocycles. The average molecular weight is 463 g/mol. The molecule has 1 amide bonds. The molecule has 0 bridgehead atoms. The Balaban J connectivity index is 1.93. The second-order valence-corrected chi connectivity index (χ2v) is 8.60.